The van der Waals surface area contributed by atoms with Gasteiger partial charge in [-0.3, -0.25) is 5.32 Å². The zero-order valence-electron chi connectivity index (χ0n) is 22.0. The molecule has 10 heteroatoms. The van der Waals surface area contributed by atoms with Crippen molar-refractivity contribution >= 4 is 34.5 Å². The summed E-state index contributed by atoms with van der Waals surface area (Å²) in [4.78, 5) is 25.6. The normalized spacial score (nSPS) is 14.2. The first-order valence-electron chi connectivity index (χ1n) is 12.7. The molecule has 4 aromatic rings. The number of anilines is 3. The second-order valence-corrected chi connectivity index (χ2v) is 9.86. The SMILES string of the molecule is CC(C)c1cc(Nc2nc3cc(Oc4ccnc(NC(=O)N5CCN(C)CC5)c4)ccc3n2C)ccc1F. The average molecular weight is 518 g/mol. The maximum Gasteiger partial charge on any atom is 0.323 e. The highest BCUT2D eigenvalue weighted by Gasteiger charge is 2.19. The summed E-state index contributed by atoms with van der Waals surface area (Å²) in [5, 5.41) is 6.16. The number of ether oxygens (including phenoxy) is 1. The van der Waals surface area contributed by atoms with Gasteiger partial charge in [-0.05, 0) is 54.9 Å². The van der Waals surface area contributed by atoms with Crippen molar-refractivity contribution in [3.63, 3.8) is 0 Å². The fourth-order valence-corrected chi connectivity index (χ4v) is 4.43. The molecule has 1 saturated heterocycles. The summed E-state index contributed by atoms with van der Waals surface area (Å²) in [6, 6.07) is 13.9. The smallest absolute Gasteiger partial charge is 0.323 e. The summed E-state index contributed by atoms with van der Waals surface area (Å²) in [6.07, 6.45) is 1.60. The lowest BCUT2D eigenvalue weighted by atomic mass is 10.0. The molecule has 1 fully saturated rings. The van der Waals surface area contributed by atoms with Crippen molar-refractivity contribution in [1.82, 2.24) is 24.3 Å². The van der Waals surface area contributed by atoms with E-state index in [1.54, 1.807) is 29.3 Å². The molecule has 1 aliphatic heterocycles. The van der Waals surface area contributed by atoms with Crippen LogP contribution in [-0.2, 0) is 7.05 Å². The van der Waals surface area contributed by atoms with E-state index < -0.39 is 0 Å². The number of carbonyl (C=O) groups excluding carboxylic acids is 1. The molecule has 5 rings (SSSR count). The van der Waals surface area contributed by atoms with Gasteiger partial charge in [-0.1, -0.05) is 13.8 Å². The Bertz CT molecular complexity index is 1460. The van der Waals surface area contributed by atoms with Gasteiger partial charge in [0.05, 0.1) is 11.0 Å². The number of piperazine rings is 1. The first-order valence-corrected chi connectivity index (χ1v) is 12.7. The van der Waals surface area contributed by atoms with Crippen LogP contribution in [0, 0.1) is 5.82 Å². The van der Waals surface area contributed by atoms with Gasteiger partial charge in [0.25, 0.3) is 0 Å². The van der Waals surface area contributed by atoms with E-state index in [0.717, 1.165) is 29.8 Å². The van der Waals surface area contributed by atoms with Crippen LogP contribution in [0.25, 0.3) is 11.0 Å². The number of carbonyl (C=O) groups is 1. The fourth-order valence-electron chi connectivity index (χ4n) is 4.43. The molecule has 0 saturated carbocycles. The van der Waals surface area contributed by atoms with Crippen molar-refractivity contribution in [2.45, 2.75) is 19.8 Å². The summed E-state index contributed by atoms with van der Waals surface area (Å²) in [7, 11) is 3.97. The van der Waals surface area contributed by atoms with Crippen LogP contribution in [-0.4, -0.2) is 63.6 Å². The van der Waals surface area contributed by atoms with Crippen molar-refractivity contribution < 1.29 is 13.9 Å². The van der Waals surface area contributed by atoms with Crippen LogP contribution in [0.1, 0.15) is 25.3 Å². The molecule has 2 N–H and O–H groups in total. The number of hydrogen-bond acceptors (Lipinski definition) is 6. The van der Waals surface area contributed by atoms with Crippen LogP contribution in [0.15, 0.2) is 54.7 Å². The van der Waals surface area contributed by atoms with E-state index in [9.17, 15) is 9.18 Å². The molecule has 2 aromatic heterocycles. The van der Waals surface area contributed by atoms with Gasteiger partial charge >= 0.3 is 6.03 Å². The summed E-state index contributed by atoms with van der Waals surface area (Å²) < 4.78 is 22.1. The summed E-state index contributed by atoms with van der Waals surface area (Å²) in [6.45, 7) is 6.98. The zero-order valence-corrected chi connectivity index (χ0v) is 22.0. The monoisotopic (exact) mass is 517 g/mol. The minimum atomic E-state index is -0.212. The molecule has 3 heterocycles. The van der Waals surface area contributed by atoms with Gasteiger partial charge < -0.3 is 24.4 Å². The summed E-state index contributed by atoms with van der Waals surface area (Å²) in [5.41, 5.74) is 3.09. The Morgan fingerprint density at radius 3 is 2.53 bits per heavy atom. The molecule has 0 aliphatic carbocycles. The van der Waals surface area contributed by atoms with Crippen molar-refractivity contribution in [2.24, 2.45) is 7.05 Å². The van der Waals surface area contributed by atoms with E-state index in [2.05, 4.69) is 20.5 Å². The number of nitrogens with one attached hydrogen (secondary N) is 2. The summed E-state index contributed by atoms with van der Waals surface area (Å²) in [5.74, 6) is 2.08. The molecule has 198 valence electrons. The molecule has 0 spiro atoms. The van der Waals surface area contributed by atoms with Crippen LogP contribution >= 0.6 is 0 Å². The van der Waals surface area contributed by atoms with E-state index in [1.165, 1.54) is 6.07 Å². The van der Waals surface area contributed by atoms with Crippen molar-refractivity contribution in [2.75, 3.05) is 43.9 Å². The number of urea groups is 1. The Morgan fingerprint density at radius 1 is 1.00 bits per heavy atom. The number of aryl methyl sites for hydroxylation is 1. The Kier molecular flexibility index (Phi) is 7.15. The Hall–Kier alpha value is -4.18. The molecule has 2 amide bonds. The lowest BCUT2D eigenvalue weighted by Crippen LogP contribution is -2.48. The Balaban J connectivity index is 1.30. The number of likely N-dealkylation sites (N-methyl/N-ethyl adjacent to an activating group) is 1. The maximum absolute atomic E-state index is 14.1. The molecule has 0 unspecified atom stereocenters. The van der Waals surface area contributed by atoms with E-state index in [0.29, 0.717) is 41.9 Å². The highest BCUT2D eigenvalue weighted by Crippen LogP contribution is 2.30. The van der Waals surface area contributed by atoms with Crippen molar-refractivity contribution in [3.8, 4) is 11.5 Å². The van der Waals surface area contributed by atoms with E-state index in [-0.39, 0.29) is 17.8 Å². The van der Waals surface area contributed by atoms with E-state index in [4.69, 9.17) is 9.72 Å². The molecule has 0 atom stereocenters. The predicted octanol–water partition coefficient (Wildman–Crippen LogP) is 5.55. The zero-order chi connectivity index (χ0) is 26.8. The third-order valence-corrected chi connectivity index (χ3v) is 6.72. The highest BCUT2D eigenvalue weighted by molar-refractivity contribution is 5.88. The van der Waals surface area contributed by atoms with Gasteiger partial charge in [-0.2, -0.15) is 0 Å². The van der Waals surface area contributed by atoms with Crippen molar-refractivity contribution in [1.29, 1.82) is 0 Å². The van der Waals surface area contributed by atoms with Crippen molar-refractivity contribution in [3.05, 3.63) is 66.1 Å². The number of halogens is 1. The standard InChI is InChI=1S/C28H32FN7O2/c1-18(2)22-15-19(5-7-23(22)29)31-27-32-24-16-20(6-8-25(24)35(27)4)38-21-9-10-30-26(17-21)33-28(37)36-13-11-34(3)12-14-36/h5-10,15-18H,11-14H2,1-4H3,(H,31,32)(H,30,33,37). The first-order chi connectivity index (χ1) is 18.3. The third-order valence-electron chi connectivity index (χ3n) is 6.72. The van der Waals surface area contributed by atoms with E-state index in [1.807, 2.05) is 56.8 Å². The van der Waals surface area contributed by atoms with Crippen LogP contribution in [0.3, 0.4) is 0 Å². The lowest BCUT2D eigenvalue weighted by Gasteiger charge is -2.32. The number of hydrogen-bond donors (Lipinski definition) is 2. The lowest BCUT2D eigenvalue weighted by molar-refractivity contribution is 0.164. The van der Waals surface area contributed by atoms with Gasteiger partial charge in [0.2, 0.25) is 5.95 Å². The number of benzene rings is 2. The number of fused-ring (bicyclic) bond motifs is 1. The third kappa shape index (κ3) is 5.55. The molecule has 0 radical (unpaired) electrons. The molecule has 0 bridgehead atoms. The Morgan fingerprint density at radius 2 is 1.76 bits per heavy atom. The molecule has 2 aromatic carbocycles. The quantitative estimate of drug-likeness (QED) is 0.349. The van der Waals surface area contributed by atoms with Crippen LogP contribution in [0.2, 0.25) is 0 Å². The predicted molar refractivity (Wildman–Crippen MR) is 147 cm³/mol. The van der Waals surface area contributed by atoms with Gasteiger partial charge in [0.15, 0.2) is 0 Å². The second kappa shape index (κ2) is 10.7. The topological polar surface area (TPSA) is 87.6 Å². The van der Waals surface area contributed by atoms with Crippen LogP contribution < -0.4 is 15.4 Å². The Labute approximate surface area is 221 Å². The number of imidazole rings is 1. The first kappa shape index (κ1) is 25.5. The van der Waals surface area contributed by atoms with E-state index >= 15 is 0 Å². The van der Waals surface area contributed by atoms with Gasteiger partial charge in [0, 0.05) is 57.2 Å². The number of rotatable bonds is 6. The summed E-state index contributed by atoms with van der Waals surface area (Å²) >= 11 is 0. The average Bonchev–Trinajstić information content (AvgIpc) is 3.19. The number of aromatic nitrogens is 3. The fraction of sp³-hybridized carbons (Fsp3) is 0.321. The molecular weight excluding hydrogens is 485 g/mol. The molecule has 38 heavy (non-hydrogen) atoms. The largest absolute Gasteiger partial charge is 0.457 e. The molecule has 9 nitrogen and oxygen atoms in total. The highest BCUT2D eigenvalue weighted by atomic mass is 19.1. The van der Waals surface area contributed by atoms with Gasteiger partial charge in [-0.25, -0.2) is 19.2 Å². The van der Waals surface area contributed by atoms with Gasteiger partial charge in [0.1, 0.15) is 23.1 Å². The minimum Gasteiger partial charge on any atom is -0.457 e. The number of amides is 2. The van der Waals surface area contributed by atoms with Crippen LogP contribution in [0.4, 0.5) is 26.6 Å². The number of pyridine rings is 1. The van der Waals surface area contributed by atoms with Crippen LogP contribution in [0.5, 0.6) is 11.5 Å². The maximum atomic E-state index is 14.1. The molecule has 1 aliphatic rings. The number of nitrogens with zero attached hydrogens (tertiary/aromatic N) is 5. The minimum absolute atomic E-state index is 0.0747. The van der Waals surface area contributed by atoms with Gasteiger partial charge in [-0.15, -0.1) is 0 Å². The molecular formula is C28H32FN7O2. The second-order valence-electron chi connectivity index (χ2n) is 9.86.